The number of nitrogen functional groups attached to an aromatic ring is 1. The highest BCUT2D eigenvalue weighted by Crippen LogP contribution is 2.52. The van der Waals surface area contributed by atoms with Gasteiger partial charge in [-0.15, -0.1) is 0 Å². The first-order valence-electron chi connectivity index (χ1n) is 13.0. The normalized spacial score (nSPS) is 25.4. The Morgan fingerprint density at radius 3 is 2.52 bits per heavy atom. The fraction of sp³-hybridized carbons (Fsp3) is 0.750. The monoisotopic (exact) mass is 623 g/mol. The number of phosphoric ester groups is 1. The maximum absolute atomic E-state index is 16.4. The molecule has 0 saturated carbocycles. The number of alkyl halides is 1. The number of phosphoric acid groups is 1. The van der Waals surface area contributed by atoms with Gasteiger partial charge in [-0.2, -0.15) is 4.98 Å². The van der Waals surface area contributed by atoms with Crippen LogP contribution in [0.1, 0.15) is 54.9 Å². The van der Waals surface area contributed by atoms with E-state index in [0.29, 0.717) is 0 Å². The van der Waals surface area contributed by atoms with Gasteiger partial charge >= 0.3 is 13.8 Å². The number of ether oxygens (including phenoxy) is 3. The molecule has 16 nitrogen and oxygen atoms in total. The fourth-order valence-corrected chi connectivity index (χ4v) is 4.77. The van der Waals surface area contributed by atoms with E-state index in [0.717, 1.165) is 10.9 Å². The zero-order valence-corrected chi connectivity index (χ0v) is 25.5. The van der Waals surface area contributed by atoms with Gasteiger partial charge in [-0.25, -0.2) is 18.5 Å². The van der Waals surface area contributed by atoms with E-state index < -0.39 is 80.8 Å². The van der Waals surface area contributed by atoms with Crippen LogP contribution in [0.4, 0.5) is 10.3 Å². The highest BCUT2D eigenvalue weighted by molar-refractivity contribution is 7.48. The number of hydrogen-bond acceptors (Lipinski definition) is 14. The van der Waals surface area contributed by atoms with Gasteiger partial charge in [0, 0.05) is 5.41 Å². The maximum atomic E-state index is 16.4. The molecule has 1 fully saturated rings. The van der Waals surface area contributed by atoms with E-state index in [9.17, 15) is 24.4 Å². The molecule has 2 aromatic rings. The Morgan fingerprint density at radius 1 is 1.29 bits per heavy atom. The number of aliphatic hydroxyl groups excluding tert-OH is 2. The number of nitrogens with zero attached hydrogens (tertiary/aromatic N) is 3. The highest BCUT2D eigenvalue weighted by atomic mass is 31.2. The summed E-state index contributed by atoms with van der Waals surface area (Å²) in [7, 11) is -4.65. The molecule has 3 rings (SSSR count). The van der Waals surface area contributed by atoms with Crippen LogP contribution in [0.15, 0.2) is 11.1 Å². The van der Waals surface area contributed by atoms with Crippen molar-refractivity contribution in [1.82, 2.24) is 19.5 Å². The number of imidazole rings is 1. The third kappa shape index (κ3) is 7.17. The van der Waals surface area contributed by atoms with Gasteiger partial charge < -0.3 is 30.2 Å². The highest BCUT2D eigenvalue weighted by Gasteiger charge is 2.61. The van der Waals surface area contributed by atoms with E-state index >= 15 is 4.39 Å². The van der Waals surface area contributed by atoms with E-state index in [1.807, 2.05) is 0 Å². The number of anilines is 1. The standard InChI is InChI=1S/C24H39FN5O11P/c1-8-23(17(32)24(25,10-38-23)30-11-27-14-15(30)28-20(26)29-16(14)31)9-39-42(35,40-12-36-18(33)21(2,3)4)41-13-37-19(34)22(5,6)7/h11,17-18,32-33H,8-10,12-13H2,1-7H3,(H3,26,28,29,31)/t17-,18?,23-,24+,42?/m1/s1. The smallest absolute Gasteiger partial charge is 0.437 e. The Hall–Kier alpha value is -2.50. The first kappa shape index (κ1) is 34.0. The molecule has 0 aliphatic carbocycles. The van der Waals surface area contributed by atoms with Crippen LogP contribution in [-0.4, -0.2) is 80.5 Å². The number of fused-ring (bicyclic) bond motifs is 1. The van der Waals surface area contributed by atoms with Crippen LogP contribution in [0.2, 0.25) is 0 Å². The lowest BCUT2D eigenvalue weighted by molar-refractivity contribution is -0.196. The number of carbonyl (C=O) groups is 1. The number of rotatable bonds is 12. The molecule has 2 aromatic heterocycles. The number of nitrogens with two attached hydrogens (primary N) is 1. The molecule has 1 aliphatic heterocycles. The van der Waals surface area contributed by atoms with E-state index in [1.165, 1.54) is 0 Å². The number of aromatic amines is 1. The van der Waals surface area contributed by atoms with Crippen molar-refractivity contribution < 1.29 is 51.7 Å². The molecule has 0 aromatic carbocycles. The van der Waals surface area contributed by atoms with E-state index in [2.05, 4.69) is 15.0 Å². The van der Waals surface area contributed by atoms with Gasteiger partial charge in [0.1, 0.15) is 24.6 Å². The Kier molecular flexibility index (Phi) is 9.91. The summed E-state index contributed by atoms with van der Waals surface area (Å²) in [5.74, 6) is -3.66. The van der Waals surface area contributed by atoms with Gasteiger partial charge in [-0.1, -0.05) is 27.7 Å². The second kappa shape index (κ2) is 12.2. The number of halogens is 1. The molecular formula is C24H39FN5O11P. The number of carbonyl (C=O) groups excluding carboxylic acids is 1. The summed E-state index contributed by atoms with van der Waals surface area (Å²) in [6.07, 6.45) is -2.37. The molecule has 3 heterocycles. The summed E-state index contributed by atoms with van der Waals surface area (Å²) in [4.78, 5) is 34.4. The lowest BCUT2D eigenvalue weighted by Crippen LogP contribution is -2.51. The predicted octanol–water partition coefficient (Wildman–Crippen LogP) is 1.91. The van der Waals surface area contributed by atoms with Crippen LogP contribution in [0.5, 0.6) is 0 Å². The van der Waals surface area contributed by atoms with Gasteiger partial charge in [-0.3, -0.25) is 28.2 Å². The Labute approximate surface area is 241 Å². The van der Waals surface area contributed by atoms with Crippen LogP contribution in [-0.2, 0) is 42.9 Å². The zero-order valence-electron chi connectivity index (χ0n) is 24.6. The number of aliphatic hydroxyl groups is 2. The van der Waals surface area contributed by atoms with Gasteiger partial charge in [0.15, 0.2) is 24.2 Å². The first-order valence-corrected chi connectivity index (χ1v) is 14.5. The molecule has 0 spiro atoms. The fourth-order valence-electron chi connectivity index (χ4n) is 3.79. The van der Waals surface area contributed by atoms with Crippen LogP contribution in [0.3, 0.4) is 0 Å². The van der Waals surface area contributed by atoms with Gasteiger partial charge in [0.2, 0.25) is 18.5 Å². The van der Waals surface area contributed by atoms with Gasteiger partial charge in [0.05, 0.1) is 12.0 Å². The number of H-pyrrole nitrogens is 1. The van der Waals surface area contributed by atoms with Crippen molar-refractivity contribution in [1.29, 1.82) is 0 Å². The third-order valence-electron chi connectivity index (χ3n) is 6.56. The average Bonchev–Trinajstić information content (AvgIpc) is 3.42. The summed E-state index contributed by atoms with van der Waals surface area (Å²) in [6, 6.07) is 0. The van der Waals surface area contributed by atoms with Crippen LogP contribution < -0.4 is 11.3 Å². The van der Waals surface area contributed by atoms with Crippen molar-refractivity contribution in [2.45, 2.75) is 78.7 Å². The van der Waals surface area contributed by atoms with Crippen molar-refractivity contribution in [3.8, 4) is 0 Å². The molecule has 5 N–H and O–H groups in total. The van der Waals surface area contributed by atoms with Crippen molar-refractivity contribution in [3.05, 3.63) is 16.7 Å². The van der Waals surface area contributed by atoms with E-state index in [1.54, 1.807) is 48.5 Å². The summed E-state index contributed by atoms with van der Waals surface area (Å²) >= 11 is 0. The van der Waals surface area contributed by atoms with Crippen LogP contribution >= 0.6 is 7.82 Å². The molecule has 42 heavy (non-hydrogen) atoms. The largest absolute Gasteiger partial charge is 0.479 e. The minimum Gasteiger partial charge on any atom is -0.437 e. The molecule has 18 heteroatoms. The molecular weight excluding hydrogens is 584 g/mol. The van der Waals surface area contributed by atoms with Crippen LogP contribution in [0, 0.1) is 10.8 Å². The first-order chi connectivity index (χ1) is 19.3. The van der Waals surface area contributed by atoms with Crippen molar-refractivity contribution in [2.24, 2.45) is 10.8 Å². The van der Waals surface area contributed by atoms with Gasteiger partial charge in [0.25, 0.3) is 5.56 Å². The zero-order chi connectivity index (χ0) is 31.7. The lowest BCUT2D eigenvalue weighted by atomic mass is 9.91. The van der Waals surface area contributed by atoms with Crippen molar-refractivity contribution in [2.75, 3.05) is 32.5 Å². The number of esters is 1. The topological polar surface area (TPSA) is 220 Å². The average molecular weight is 624 g/mol. The molecule has 1 saturated heterocycles. The molecule has 0 bridgehead atoms. The summed E-state index contributed by atoms with van der Waals surface area (Å²) in [5.41, 5.74) is 1.03. The van der Waals surface area contributed by atoms with Crippen LogP contribution in [0.25, 0.3) is 11.2 Å². The lowest BCUT2D eigenvalue weighted by Gasteiger charge is -2.34. The Morgan fingerprint density at radius 2 is 1.93 bits per heavy atom. The van der Waals surface area contributed by atoms with Crippen molar-refractivity contribution in [3.63, 3.8) is 0 Å². The maximum Gasteiger partial charge on any atom is 0.479 e. The molecule has 0 radical (unpaired) electrons. The molecule has 0 amide bonds. The van der Waals surface area contributed by atoms with Gasteiger partial charge in [-0.05, 0) is 27.2 Å². The minimum atomic E-state index is -4.65. The number of hydrogen-bond donors (Lipinski definition) is 4. The van der Waals surface area contributed by atoms with Crippen molar-refractivity contribution >= 4 is 30.9 Å². The quantitative estimate of drug-likeness (QED) is 0.151. The number of nitrogens with one attached hydrogen (secondary N) is 1. The second-order valence-corrected chi connectivity index (χ2v) is 13.6. The Balaban J connectivity index is 1.81. The predicted molar refractivity (Wildman–Crippen MR) is 144 cm³/mol. The second-order valence-electron chi connectivity index (χ2n) is 11.9. The van der Waals surface area contributed by atoms with E-state index in [-0.39, 0.29) is 23.5 Å². The minimum absolute atomic E-state index is 0.0547. The summed E-state index contributed by atoms with van der Waals surface area (Å²) < 4.78 is 62.4. The summed E-state index contributed by atoms with van der Waals surface area (Å²) in [6.45, 7) is 8.35. The molecule has 5 atom stereocenters. The number of aromatic nitrogens is 4. The third-order valence-corrected chi connectivity index (χ3v) is 7.85. The molecule has 1 aliphatic rings. The van der Waals surface area contributed by atoms with E-state index in [4.69, 9.17) is 33.5 Å². The summed E-state index contributed by atoms with van der Waals surface area (Å²) in [5, 5.41) is 21.3. The molecule has 2 unspecified atom stereocenters. The Bertz CT molecular complexity index is 1370. The SMILES string of the molecule is CC[C@]1(COP(=O)(OCOC(=O)C(C)(C)C)OCOC(O)C(C)(C)C)OC[C@](F)(n2cnc3c(=O)[nH]c(N)nc32)[C@@H]1O. The molecule has 238 valence electrons.